The minimum absolute atomic E-state index is 0.193. The molecule has 0 radical (unpaired) electrons. The number of fused-ring (bicyclic) bond motifs is 1. The molecule has 4 aromatic rings. The molecule has 41 heavy (non-hydrogen) atoms. The van der Waals surface area contributed by atoms with Crippen molar-refractivity contribution in [3.8, 4) is 11.5 Å². The third kappa shape index (κ3) is 5.96. The van der Waals surface area contributed by atoms with E-state index in [1.807, 2.05) is 6.07 Å². The summed E-state index contributed by atoms with van der Waals surface area (Å²) in [5.74, 6) is 0.151. The van der Waals surface area contributed by atoms with Gasteiger partial charge in [-0.2, -0.15) is 0 Å². The summed E-state index contributed by atoms with van der Waals surface area (Å²) in [7, 11) is 1.53. The number of hydrogen-bond donors (Lipinski definition) is 0. The van der Waals surface area contributed by atoms with Crippen LogP contribution in [-0.2, 0) is 16.1 Å². The lowest BCUT2D eigenvalue weighted by Gasteiger charge is -2.24. The van der Waals surface area contributed by atoms with Crippen molar-refractivity contribution in [3.63, 3.8) is 0 Å². The Hall–Kier alpha value is -4.21. The van der Waals surface area contributed by atoms with Gasteiger partial charge in [0.15, 0.2) is 16.3 Å². The van der Waals surface area contributed by atoms with Crippen LogP contribution in [0, 0.1) is 5.82 Å². The number of benzene rings is 3. The van der Waals surface area contributed by atoms with E-state index < -0.39 is 12.0 Å². The quantitative estimate of drug-likeness (QED) is 0.264. The average Bonchev–Trinajstić information content (AvgIpc) is 3.26. The third-order valence-corrected chi connectivity index (χ3v) is 7.73. The number of methoxy groups -OCH3 is 1. The molecule has 0 saturated carbocycles. The minimum atomic E-state index is -0.721. The largest absolute Gasteiger partial charge is 0.493 e. The van der Waals surface area contributed by atoms with Gasteiger partial charge in [0.25, 0.3) is 5.56 Å². The number of hydrogen-bond acceptors (Lipinski definition) is 7. The fraction of sp³-hybridized carbons (Fsp3) is 0.194. The van der Waals surface area contributed by atoms with Gasteiger partial charge in [-0.1, -0.05) is 53.3 Å². The molecular formula is C31H26ClFN2O5S. The molecule has 0 N–H and O–H groups in total. The lowest BCUT2D eigenvalue weighted by atomic mass is 9.96. The molecule has 2 heterocycles. The van der Waals surface area contributed by atoms with Crippen molar-refractivity contribution in [2.75, 3.05) is 13.7 Å². The fourth-order valence-electron chi connectivity index (χ4n) is 4.54. The zero-order chi connectivity index (χ0) is 29.1. The van der Waals surface area contributed by atoms with Crippen molar-refractivity contribution in [1.82, 2.24) is 4.57 Å². The van der Waals surface area contributed by atoms with Gasteiger partial charge in [0, 0.05) is 5.02 Å². The van der Waals surface area contributed by atoms with Crippen molar-refractivity contribution in [2.24, 2.45) is 4.99 Å². The molecular weight excluding hydrogens is 567 g/mol. The first-order chi connectivity index (χ1) is 19.8. The molecule has 3 aromatic carbocycles. The van der Waals surface area contributed by atoms with Crippen molar-refractivity contribution >= 4 is 35.0 Å². The molecule has 1 aliphatic rings. The van der Waals surface area contributed by atoms with Crippen LogP contribution in [0.25, 0.3) is 6.08 Å². The first kappa shape index (κ1) is 28.3. The highest BCUT2D eigenvalue weighted by Gasteiger charge is 2.33. The van der Waals surface area contributed by atoms with E-state index >= 15 is 0 Å². The third-order valence-electron chi connectivity index (χ3n) is 6.50. The van der Waals surface area contributed by atoms with Crippen LogP contribution in [-0.4, -0.2) is 24.3 Å². The number of aromatic nitrogens is 1. The highest BCUT2D eigenvalue weighted by atomic mass is 35.5. The maximum Gasteiger partial charge on any atom is 0.338 e. The highest BCUT2D eigenvalue weighted by molar-refractivity contribution is 7.07. The Bertz CT molecular complexity index is 1810. The van der Waals surface area contributed by atoms with Gasteiger partial charge in [0.2, 0.25) is 0 Å². The van der Waals surface area contributed by atoms with E-state index in [2.05, 4.69) is 4.99 Å². The lowest BCUT2D eigenvalue weighted by molar-refractivity contribution is -0.139. The van der Waals surface area contributed by atoms with E-state index in [9.17, 15) is 14.0 Å². The van der Waals surface area contributed by atoms with Crippen LogP contribution in [0.15, 0.2) is 87.8 Å². The van der Waals surface area contributed by atoms with Crippen molar-refractivity contribution in [3.05, 3.63) is 125 Å². The normalized spacial score (nSPS) is 14.9. The molecule has 0 amide bonds. The Kier molecular flexibility index (Phi) is 8.37. The zero-order valence-corrected chi connectivity index (χ0v) is 24.1. The number of ether oxygens (including phenoxy) is 3. The minimum Gasteiger partial charge on any atom is -0.493 e. The number of allylic oxidation sites excluding steroid dienone is 1. The number of rotatable bonds is 8. The second-order valence-electron chi connectivity index (χ2n) is 9.18. The van der Waals surface area contributed by atoms with E-state index in [1.165, 1.54) is 35.1 Å². The molecule has 0 spiro atoms. The predicted molar refractivity (Wildman–Crippen MR) is 156 cm³/mol. The smallest absolute Gasteiger partial charge is 0.338 e. The Balaban J connectivity index is 1.53. The lowest BCUT2D eigenvalue weighted by Crippen LogP contribution is -2.39. The van der Waals surface area contributed by atoms with Crippen LogP contribution >= 0.6 is 22.9 Å². The van der Waals surface area contributed by atoms with Gasteiger partial charge in [-0.15, -0.1) is 0 Å². The van der Waals surface area contributed by atoms with Crippen LogP contribution in [0.3, 0.4) is 0 Å². The van der Waals surface area contributed by atoms with Crippen LogP contribution in [0.1, 0.15) is 36.6 Å². The van der Waals surface area contributed by atoms with Crippen LogP contribution < -0.4 is 24.4 Å². The molecule has 1 atom stereocenters. The van der Waals surface area contributed by atoms with Gasteiger partial charge >= 0.3 is 5.97 Å². The van der Waals surface area contributed by atoms with Crippen LogP contribution in [0.5, 0.6) is 11.5 Å². The Morgan fingerprint density at radius 1 is 1.10 bits per heavy atom. The van der Waals surface area contributed by atoms with Crippen LogP contribution in [0.4, 0.5) is 4.39 Å². The molecule has 7 nitrogen and oxygen atoms in total. The first-order valence-electron chi connectivity index (χ1n) is 12.8. The monoisotopic (exact) mass is 592 g/mol. The summed E-state index contributed by atoms with van der Waals surface area (Å²) >= 11 is 7.35. The molecule has 1 aromatic heterocycles. The van der Waals surface area contributed by atoms with Gasteiger partial charge in [-0.05, 0) is 73.0 Å². The van der Waals surface area contributed by atoms with Gasteiger partial charge in [0.1, 0.15) is 12.4 Å². The van der Waals surface area contributed by atoms with Gasteiger partial charge in [0.05, 0.1) is 35.6 Å². The Morgan fingerprint density at radius 3 is 2.51 bits per heavy atom. The van der Waals surface area contributed by atoms with E-state index in [1.54, 1.807) is 68.5 Å². The summed E-state index contributed by atoms with van der Waals surface area (Å²) in [5, 5.41) is 0.540. The second-order valence-corrected chi connectivity index (χ2v) is 10.6. The number of nitrogens with zero attached hydrogens (tertiary/aromatic N) is 2. The van der Waals surface area contributed by atoms with Crippen molar-refractivity contribution < 1.29 is 23.4 Å². The summed E-state index contributed by atoms with van der Waals surface area (Å²) in [6, 6.07) is 17.7. The number of esters is 1. The predicted octanol–water partition coefficient (Wildman–Crippen LogP) is 5.18. The Morgan fingerprint density at radius 2 is 1.83 bits per heavy atom. The van der Waals surface area contributed by atoms with E-state index in [4.69, 9.17) is 25.8 Å². The molecule has 0 unspecified atom stereocenters. The maximum atomic E-state index is 13.8. The summed E-state index contributed by atoms with van der Waals surface area (Å²) in [6.07, 6.45) is 1.75. The fourth-order valence-corrected chi connectivity index (χ4v) is 5.71. The summed E-state index contributed by atoms with van der Waals surface area (Å²) in [4.78, 5) is 31.9. The molecule has 210 valence electrons. The topological polar surface area (TPSA) is 79.1 Å². The van der Waals surface area contributed by atoms with Gasteiger partial charge in [-0.25, -0.2) is 14.2 Å². The average molecular weight is 593 g/mol. The summed E-state index contributed by atoms with van der Waals surface area (Å²) < 4.78 is 31.9. The van der Waals surface area contributed by atoms with Gasteiger partial charge in [-0.3, -0.25) is 9.36 Å². The maximum absolute atomic E-state index is 13.8. The molecule has 0 aliphatic carbocycles. The zero-order valence-electron chi connectivity index (χ0n) is 22.5. The molecule has 0 fully saturated rings. The Labute approximate surface area is 244 Å². The number of carbonyl (C=O) groups is 1. The molecule has 5 rings (SSSR count). The van der Waals surface area contributed by atoms with Gasteiger partial charge < -0.3 is 14.2 Å². The number of halogens is 2. The van der Waals surface area contributed by atoms with E-state index in [0.717, 1.165) is 5.56 Å². The molecule has 0 saturated heterocycles. The van der Waals surface area contributed by atoms with Crippen molar-refractivity contribution in [1.29, 1.82) is 0 Å². The highest BCUT2D eigenvalue weighted by Crippen LogP contribution is 2.32. The van der Waals surface area contributed by atoms with Crippen molar-refractivity contribution in [2.45, 2.75) is 26.5 Å². The molecule has 1 aliphatic heterocycles. The SMILES string of the molecule is CCOC(=O)C1=C(C)N=c2s/c(=C/c3ccc(OCc4ccc(F)cc4)c(OC)c3)c(=O)n2[C@@H]1c1ccc(Cl)cc1. The summed E-state index contributed by atoms with van der Waals surface area (Å²) in [6.45, 7) is 3.90. The number of carbonyl (C=O) groups excluding carboxylic acids is 1. The molecule has 0 bridgehead atoms. The second kappa shape index (κ2) is 12.1. The number of thiazole rings is 1. The first-order valence-corrected chi connectivity index (χ1v) is 14.0. The summed E-state index contributed by atoms with van der Waals surface area (Å²) in [5.41, 5.74) is 2.73. The van der Waals surface area contributed by atoms with Crippen LogP contribution in [0.2, 0.25) is 5.02 Å². The van der Waals surface area contributed by atoms with E-state index in [-0.39, 0.29) is 24.6 Å². The van der Waals surface area contributed by atoms with E-state index in [0.29, 0.717) is 48.3 Å². The standard InChI is InChI=1S/C31H26ClFN2O5S/c1-4-39-30(37)27-18(2)34-31-35(28(27)21-8-10-22(32)11-9-21)29(36)26(41-31)16-20-7-14-24(25(15-20)38-3)40-17-19-5-12-23(33)13-6-19/h5-16,28H,4,17H2,1-3H3/b26-16+/t28-/m1/s1. The molecule has 10 heteroatoms.